The van der Waals surface area contributed by atoms with Gasteiger partial charge in [0.05, 0.1) is 12.6 Å². The van der Waals surface area contributed by atoms with Crippen molar-refractivity contribution in [1.29, 1.82) is 0 Å². The maximum atomic E-state index is 10.9. The van der Waals surface area contributed by atoms with Crippen molar-refractivity contribution in [3.63, 3.8) is 0 Å². The number of carboxylic acid groups (broad SMARTS) is 1. The number of aromatic nitrogens is 3. The van der Waals surface area contributed by atoms with Crippen LogP contribution in [0.2, 0.25) is 0 Å². The number of hydrogen-bond donors (Lipinski definition) is 1. The van der Waals surface area contributed by atoms with Gasteiger partial charge < -0.3 is 5.11 Å². The van der Waals surface area contributed by atoms with Crippen molar-refractivity contribution in [2.24, 2.45) is 0 Å². The van der Waals surface area contributed by atoms with E-state index in [0.717, 1.165) is 36.3 Å². The highest BCUT2D eigenvalue weighted by molar-refractivity contribution is 5.68. The van der Waals surface area contributed by atoms with Crippen molar-refractivity contribution in [3.05, 3.63) is 41.9 Å². The van der Waals surface area contributed by atoms with Gasteiger partial charge in [0.2, 0.25) is 0 Å². The van der Waals surface area contributed by atoms with Gasteiger partial charge in [0, 0.05) is 11.9 Å². The van der Waals surface area contributed by atoms with E-state index in [-0.39, 0.29) is 12.3 Å². The van der Waals surface area contributed by atoms with Crippen LogP contribution in [-0.4, -0.2) is 25.8 Å². The van der Waals surface area contributed by atoms with E-state index >= 15 is 0 Å². The second-order valence-corrected chi connectivity index (χ2v) is 4.83. The first kappa shape index (κ1) is 11.9. The Morgan fingerprint density at radius 2 is 2.37 bits per heavy atom. The molecule has 19 heavy (non-hydrogen) atoms. The molecule has 1 aliphatic carbocycles. The summed E-state index contributed by atoms with van der Waals surface area (Å²) in [4.78, 5) is 15.2. The molecule has 0 spiro atoms. The van der Waals surface area contributed by atoms with E-state index in [2.05, 4.69) is 10.1 Å². The monoisotopic (exact) mass is 257 g/mol. The number of nitrogens with zero attached hydrogens (tertiary/aromatic N) is 3. The van der Waals surface area contributed by atoms with Gasteiger partial charge in [-0.25, -0.2) is 9.67 Å². The molecule has 2 heterocycles. The van der Waals surface area contributed by atoms with Crippen molar-refractivity contribution >= 4 is 5.97 Å². The molecule has 5 nitrogen and oxygen atoms in total. The Hall–Kier alpha value is -2.17. The smallest absolute Gasteiger partial charge is 0.303 e. The number of hydrogen-bond acceptors (Lipinski definition) is 3. The van der Waals surface area contributed by atoms with E-state index in [1.807, 2.05) is 22.9 Å². The highest BCUT2D eigenvalue weighted by Crippen LogP contribution is 2.34. The molecule has 2 aromatic rings. The molecule has 0 saturated carbocycles. The summed E-state index contributed by atoms with van der Waals surface area (Å²) in [7, 11) is 0. The molecule has 0 fully saturated rings. The molecule has 0 saturated heterocycles. The van der Waals surface area contributed by atoms with Gasteiger partial charge >= 0.3 is 5.97 Å². The minimum atomic E-state index is -0.747. The number of aliphatic carboxylic acids is 1. The summed E-state index contributed by atoms with van der Waals surface area (Å²) < 4.78 is 1.84. The van der Waals surface area contributed by atoms with Gasteiger partial charge in [-0.3, -0.25) is 4.79 Å². The lowest BCUT2D eigenvalue weighted by Crippen LogP contribution is -2.15. The standard InChI is InChI=1S/C14H15N3O2/c18-14(19)8-10-4-3-5-12-11(10)9-16-17(12)13-6-1-2-7-15-13/h1-2,6-7,9-10H,3-5,8H2,(H,18,19). The fraction of sp³-hybridized carbons (Fsp3) is 0.357. The van der Waals surface area contributed by atoms with Gasteiger partial charge in [0.25, 0.3) is 0 Å². The van der Waals surface area contributed by atoms with Crippen LogP contribution in [0.3, 0.4) is 0 Å². The van der Waals surface area contributed by atoms with Gasteiger partial charge in [-0.2, -0.15) is 5.10 Å². The Bertz CT molecular complexity index is 592. The van der Waals surface area contributed by atoms with Gasteiger partial charge in [0.1, 0.15) is 0 Å². The maximum absolute atomic E-state index is 10.9. The maximum Gasteiger partial charge on any atom is 0.303 e. The summed E-state index contributed by atoms with van der Waals surface area (Å²) in [5.41, 5.74) is 2.18. The minimum Gasteiger partial charge on any atom is -0.481 e. The third-order valence-corrected chi connectivity index (χ3v) is 3.59. The van der Waals surface area contributed by atoms with E-state index in [1.54, 1.807) is 12.4 Å². The van der Waals surface area contributed by atoms with Crippen molar-refractivity contribution in [2.75, 3.05) is 0 Å². The number of fused-ring (bicyclic) bond motifs is 1. The van der Waals surface area contributed by atoms with Crippen LogP contribution < -0.4 is 0 Å². The number of rotatable bonds is 3. The molecule has 0 radical (unpaired) electrons. The van der Waals surface area contributed by atoms with Crippen LogP contribution in [0, 0.1) is 0 Å². The lowest BCUT2D eigenvalue weighted by Gasteiger charge is -2.21. The van der Waals surface area contributed by atoms with Crippen LogP contribution in [0.25, 0.3) is 5.82 Å². The molecule has 1 N–H and O–H groups in total. The average Bonchev–Trinajstić information content (AvgIpc) is 2.84. The summed E-state index contributed by atoms with van der Waals surface area (Å²) in [5, 5.41) is 13.4. The normalized spacial score (nSPS) is 18.0. The molecule has 5 heteroatoms. The van der Waals surface area contributed by atoms with Crippen LogP contribution >= 0.6 is 0 Å². The van der Waals surface area contributed by atoms with Gasteiger partial charge in [-0.15, -0.1) is 0 Å². The van der Waals surface area contributed by atoms with Crippen molar-refractivity contribution in [1.82, 2.24) is 14.8 Å². The molecule has 0 aliphatic heterocycles. The molecular weight excluding hydrogens is 242 g/mol. The summed E-state index contributed by atoms with van der Waals surface area (Å²) >= 11 is 0. The third kappa shape index (κ3) is 2.23. The van der Waals surface area contributed by atoms with Crippen LogP contribution in [0.1, 0.15) is 36.4 Å². The molecule has 2 aromatic heterocycles. The van der Waals surface area contributed by atoms with Gasteiger partial charge in [-0.1, -0.05) is 6.07 Å². The Labute approximate surface area is 110 Å². The van der Waals surface area contributed by atoms with E-state index in [1.165, 1.54) is 0 Å². The lowest BCUT2D eigenvalue weighted by atomic mass is 9.85. The Balaban J connectivity index is 1.98. The zero-order valence-corrected chi connectivity index (χ0v) is 10.5. The summed E-state index contributed by atoms with van der Waals surface area (Å²) in [5.74, 6) is 0.127. The topological polar surface area (TPSA) is 68.0 Å². The zero-order valence-electron chi connectivity index (χ0n) is 10.5. The Morgan fingerprint density at radius 3 is 3.11 bits per heavy atom. The molecule has 1 unspecified atom stereocenters. The van der Waals surface area contributed by atoms with E-state index in [4.69, 9.17) is 5.11 Å². The Morgan fingerprint density at radius 1 is 1.47 bits per heavy atom. The second-order valence-electron chi connectivity index (χ2n) is 4.83. The quantitative estimate of drug-likeness (QED) is 0.914. The predicted molar refractivity (Wildman–Crippen MR) is 69.3 cm³/mol. The molecule has 0 bridgehead atoms. The molecule has 1 atom stereocenters. The van der Waals surface area contributed by atoms with E-state index in [9.17, 15) is 4.79 Å². The number of pyridine rings is 1. The third-order valence-electron chi connectivity index (χ3n) is 3.59. The fourth-order valence-electron chi connectivity index (χ4n) is 2.75. The molecule has 3 rings (SSSR count). The average molecular weight is 257 g/mol. The second kappa shape index (κ2) is 4.84. The lowest BCUT2D eigenvalue weighted by molar-refractivity contribution is -0.137. The highest BCUT2D eigenvalue weighted by atomic mass is 16.4. The summed E-state index contributed by atoms with van der Waals surface area (Å²) in [6.07, 6.45) is 6.58. The van der Waals surface area contributed by atoms with Crippen molar-refractivity contribution in [2.45, 2.75) is 31.6 Å². The molecule has 1 aliphatic rings. The zero-order chi connectivity index (χ0) is 13.2. The van der Waals surface area contributed by atoms with Crippen molar-refractivity contribution < 1.29 is 9.90 Å². The molecule has 0 aromatic carbocycles. The number of carbonyl (C=O) groups is 1. The minimum absolute atomic E-state index is 0.0821. The largest absolute Gasteiger partial charge is 0.481 e. The van der Waals surface area contributed by atoms with Crippen LogP contribution in [-0.2, 0) is 11.2 Å². The predicted octanol–water partition coefficient (Wildman–Crippen LogP) is 2.16. The van der Waals surface area contributed by atoms with Crippen LogP contribution in [0.5, 0.6) is 0 Å². The number of carboxylic acids is 1. The first-order chi connectivity index (χ1) is 9.25. The first-order valence-electron chi connectivity index (χ1n) is 6.45. The van der Waals surface area contributed by atoms with Crippen molar-refractivity contribution in [3.8, 4) is 5.82 Å². The Kier molecular flexibility index (Phi) is 3.03. The summed E-state index contributed by atoms with van der Waals surface area (Å²) in [6, 6.07) is 5.70. The highest BCUT2D eigenvalue weighted by Gasteiger charge is 2.26. The van der Waals surface area contributed by atoms with E-state index < -0.39 is 5.97 Å². The van der Waals surface area contributed by atoms with E-state index in [0.29, 0.717) is 0 Å². The molecule has 0 amide bonds. The van der Waals surface area contributed by atoms with Gasteiger partial charge in [-0.05, 0) is 42.9 Å². The summed E-state index contributed by atoms with van der Waals surface area (Å²) in [6.45, 7) is 0. The van der Waals surface area contributed by atoms with Crippen LogP contribution in [0.15, 0.2) is 30.6 Å². The molecular formula is C14H15N3O2. The fourth-order valence-corrected chi connectivity index (χ4v) is 2.75. The molecule has 98 valence electrons. The SMILES string of the molecule is O=C(O)CC1CCCc2c1cnn2-c1ccccn1. The van der Waals surface area contributed by atoms with Gasteiger partial charge in [0.15, 0.2) is 5.82 Å². The van der Waals surface area contributed by atoms with Crippen LogP contribution in [0.4, 0.5) is 0 Å². The first-order valence-corrected chi connectivity index (χ1v) is 6.45.